The molecular weight excluding hydrogens is 372 g/mol. The maximum Gasteiger partial charge on any atom is 0.305 e. The second-order valence-corrected chi connectivity index (χ2v) is 7.16. The second-order valence-electron chi connectivity index (χ2n) is 7.16. The van der Waals surface area contributed by atoms with Crippen LogP contribution >= 0.6 is 0 Å². The molecule has 0 aliphatic carbocycles. The van der Waals surface area contributed by atoms with Crippen LogP contribution in [-0.4, -0.2) is 57.9 Å². The third kappa shape index (κ3) is 18.3. The van der Waals surface area contributed by atoms with Gasteiger partial charge in [0.1, 0.15) is 12.7 Å². The van der Waals surface area contributed by atoms with Crippen molar-refractivity contribution in [2.45, 2.75) is 89.4 Å². The molecule has 0 rings (SSSR count). The number of aliphatic hydroxyl groups is 4. The molecule has 2 unspecified atom stereocenters. The molecule has 0 saturated carbocycles. The van der Waals surface area contributed by atoms with E-state index in [2.05, 4.69) is 31.2 Å². The number of ether oxygens (including phenoxy) is 1. The Hall–Kier alpha value is -1.47. The number of carbonyl (C=O) groups excluding carboxylic acids is 1. The highest BCUT2D eigenvalue weighted by Gasteiger charge is 2.15. The maximum absolute atomic E-state index is 11.4. The molecule has 0 radical (unpaired) electrons. The van der Waals surface area contributed by atoms with Gasteiger partial charge in [-0.05, 0) is 44.9 Å². The van der Waals surface area contributed by atoms with Gasteiger partial charge in [-0.3, -0.25) is 4.79 Å². The van der Waals surface area contributed by atoms with Gasteiger partial charge in [0.05, 0.1) is 18.8 Å². The highest BCUT2D eigenvalue weighted by molar-refractivity contribution is 5.69. The van der Waals surface area contributed by atoms with Crippen LogP contribution in [0.4, 0.5) is 0 Å². The molecule has 6 nitrogen and oxygen atoms in total. The Morgan fingerprint density at radius 1 is 0.897 bits per heavy atom. The predicted molar refractivity (Wildman–Crippen MR) is 115 cm³/mol. The van der Waals surface area contributed by atoms with Crippen molar-refractivity contribution >= 4 is 5.97 Å². The summed E-state index contributed by atoms with van der Waals surface area (Å²) < 4.78 is 4.77. The van der Waals surface area contributed by atoms with Gasteiger partial charge in [-0.15, -0.1) is 0 Å². The number of carbonyl (C=O) groups is 1. The Balaban J connectivity index is 3.75. The Bertz CT molecular complexity index is 472. The topological polar surface area (TPSA) is 107 Å². The molecule has 0 amide bonds. The summed E-state index contributed by atoms with van der Waals surface area (Å²) in [5.41, 5.74) is 0. The average Bonchev–Trinajstić information content (AvgIpc) is 2.72. The van der Waals surface area contributed by atoms with Gasteiger partial charge in [-0.2, -0.15) is 0 Å². The SMILES string of the molecule is CCCCC/C=C\C/C=C\C/C=C\CC(O)C(O)CCCC(=O)OC[C@@H](O)CO. The first-order valence-corrected chi connectivity index (χ1v) is 10.8. The van der Waals surface area contributed by atoms with Crippen molar-refractivity contribution in [3.05, 3.63) is 36.5 Å². The average molecular weight is 413 g/mol. The third-order valence-electron chi connectivity index (χ3n) is 4.37. The monoisotopic (exact) mass is 412 g/mol. The van der Waals surface area contributed by atoms with E-state index >= 15 is 0 Å². The van der Waals surface area contributed by atoms with Crippen LogP contribution in [0.15, 0.2) is 36.5 Å². The highest BCUT2D eigenvalue weighted by Crippen LogP contribution is 2.10. The van der Waals surface area contributed by atoms with Gasteiger partial charge >= 0.3 is 5.97 Å². The predicted octanol–water partition coefficient (Wildman–Crippen LogP) is 3.19. The number of unbranched alkanes of at least 4 members (excludes halogenated alkanes) is 3. The number of aliphatic hydroxyl groups excluding tert-OH is 4. The molecule has 0 aromatic heterocycles. The molecule has 0 fully saturated rings. The van der Waals surface area contributed by atoms with E-state index < -0.39 is 30.9 Å². The molecule has 0 aromatic rings. The molecule has 4 N–H and O–H groups in total. The van der Waals surface area contributed by atoms with Gasteiger partial charge in [0.15, 0.2) is 0 Å². The van der Waals surface area contributed by atoms with Crippen molar-refractivity contribution in [2.24, 2.45) is 0 Å². The number of rotatable bonds is 18. The first-order chi connectivity index (χ1) is 14.0. The molecule has 3 atom stereocenters. The Kier molecular flexibility index (Phi) is 18.8. The number of hydrogen-bond acceptors (Lipinski definition) is 6. The second kappa shape index (κ2) is 19.8. The lowest BCUT2D eigenvalue weighted by molar-refractivity contribution is -0.147. The first kappa shape index (κ1) is 27.5. The van der Waals surface area contributed by atoms with Crippen molar-refractivity contribution in [1.82, 2.24) is 0 Å². The zero-order valence-corrected chi connectivity index (χ0v) is 17.8. The third-order valence-corrected chi connectivity index (χ3v) is 4.37. The summed E-state index contributed by atoms with van der Waals surface area (Å²) >= 11 is 0. The van der Waals surface area contributed by atoms with Crippen molar-refractivity contribution in [1.29, 1.82) is 0 Å². The van der Waals surface area contributed by atoms with Crippen LogP contribution in [-0.2, 0) is 9.53 Å². The number of hydrogen-bond donors (Lipinski definition) is 4. The van der Waals surface area contributed by atoms with E-state index in [0.717, 1.165) is 19.3 Å². The van der Waals surface area contributed by atoms with Crippen molar-refractivity contribution in [3.63, 3.8) is 0 Å². The van der Waals surface area contributed by atoms with Gasteiger partial charge in [-0.25, -0.2) is 0 Å². The van der Waals surface area contributed by atoms with Gasteiger partial charge in [0.2, 0.25) is 0 Å². The van der Waals surface area contributed by atoms with E-state index in [1.807, 2.05) is 12.2 Å². The quantitative estimate of drug-likeness (QED) is 0.156. The van der Waals surface area contributed by atoms with Crippen LogP contribution < -0.4 is 0 Å². The van der Waals surface area contributed by atoms with Crippen LogP contribution in [0, 0.1) is 0 Å². The first-order valence-electron chi connectivity index (χ1n) is 10.8. The van der Waals surface area contributed by atoms with Gasteiger partial charge in [0.25, 0.3) is 0 Å². The Morgan fingerprint density at radius 2 is 1.55 bits per heavy atom. The summed E-state index contributed by atoms with van der Waals surface area (Å²) in [4.78, 5) is 11.4. The Labute approximate surface area is 175 Å². The lowest BCUT2D eigenvalue weighted by Crippen LogP contribution is -2.25. The molecule has 0 saturated heterocycles. The molecule has 29 heavy (non-hydrogen) atoms. The zero-order chi connectivity index (χ0) is 21.7. The molecule has 168 valence electrons. The lowest BCUT2D eigenvalue weighted by Gasteiger charge is -2.16. The van der Waals surface area contributed by atoms with Crippen LogP contribution in [0.2, 0.25) is 0 Å². The summed E-state index contributed by atoms with van der Waals surface area (Å²) in [5, 5.41) is 37.6. The summed E-state index contributed by atoms with van der Waals surface area (Å²) in [6.45, 7) is 1.50. The van der Waals surface area contributed by atoms with Gasteiger partial charge in [-0.1, -0.05) is 56.2 Å². The molecule has 0 aromatic carbocycles. The molecule has 0 aliphatic heterocycles. The summed E-state index contributed by atoms with van der Waals surface area (Å²) in [5.74, 6) is -0.498. The van der Waals surface area contributed by atoms with Gasteiger partial charge < -0.3 is 25.2 Å². The fraction of sp³-hybridized carbons (Fsp3) is 0.696. The molecule has 0 spiro atoms. The summed E-state index contributed by atoms with van der Waals surface area (Å²) in [6, 6.07) is 0. The molecule has 6 heteroatoms. The van der Waals surface area contributed by atoms with E-state index in [0.29, 0.717) is 12.8 Å². The van der Waals surface area contributed by atoms with E-state index in [9.17, 15) is 15.0 Å². The minimum atomic E-state index is -1.07. The highest BCUT2D eigenvalue weighted by atomic mass is 16.5. The van der Waals surface area contributed by atoms with E-state index in [-0.39, 0.29) is 19.4 Å². The normalized spacial score (nSPS) is 15.3. The van der Waals surface area contributed by atoms with E-state index in [4.69, 9.17) is 14.9 Å². The fourth-order valence-corrected chi connectivity index (χ4v) is 2.53. The van der Waals surface area contributed by atoms with Crippen molar-refractivity contribution in [3.8, 4) is 0 Å². The van der Waals surface area contributed by atoms with Crippen LogP contribution in [0.5, 0.6) is 0 Å². The summed E-state index contributed by atoms with van der Waals surface area (Å²) in [7, 11) is 0. The molecule has 0 aliphatic rings. The zero-order valence-electron chi connectivity index (χ0n) is 17.8. The van der Waals surface area contributed by atoms with Crippen molar-refractivity contribution in [2.75, 3.05) is 13.2 Å². The van der Waals surface area contributed by atoms with E-state index in [1.54, 1.807) is 0 Å². The van der Waals surface area contributed by atoms with Crippen LogP contribution in [0.1, 0.15) is 71.1 Å². The standard InChI is InChI=1S/C23H40O6/c1-2-3-4-5-6-7-8-9-10-11-12-13-15-21(26)22(27)16-14-17-23(28)29-19-20(25)18-24/h6-7,9-10,12-13,20-22,24-27H,2-5,8,11,14-19H2,1H3/b7-6-,10-9-,13-12-/t20-,21?,22?/m0/s1. The maximum atomic E-state index is 11.4. The number of esters is 1. The fourth-order valence-electron chi connectivity index (χ4n) is 2.53. The largest absolute Gasteiger partial charge is 0.463 e. The van der Waals surface area contributed by atoms with Gasteiger partial charge in [0, 0.05) is 6.42 Å². The minimum Gasteiger partial charge on any atom is -0.463 e. The minimum absolute atomic E-state index is 0.0929. The van der Waals surface area contributed by atoms with Crippen LogP contribution in [0.3, 0.4) is 0 Å². The number of allylic oxidation sites excluding steroid dienone is 5. The Morgan fingerprint density at radius 3 is 2.21 bits per heavy atom. The lowest BCUT2D eigenvalue weighted by atomic mass is 10.0. The molecule has 0 bridgehead atoms. The molecular formula is C23H40O6. The molecule has 0 heterocycles. The van der Waals surface area contributed by atoms with Crippen LogP contribution in [0.25, 0.3) is 0 Å². The van der Waals surface area contributed by atoms with Crippen molar-refractivity contribution < 1.29 is 30.0 Å². The van der Waals surface area contributed by atoms with E-state index in [1.165, 1.54) is 19.3 Å². The smallest absolute Gasteiger partial charge is 0.305 e. The summed E-state index contributed by atoms with van der Waals surface area (Å²) in [6.07, 6.45) is 17.4.